The summed E-state index contributed by atoms with van der Waals surface area (Å²) in [6.45, 7) is 4.87. The van der Waals surface area contributed by atoms with Gasteiger partial charge in [0.25, 0.3) is 5.91 Å². The molecule has 0 N–H and O–H groups in total. The summed E-state index contributed by atoms with van der Waals surface area (Å²) < 4.78 is 7.12. The Morgan fingerprint density at radius 2 is 1.87 bits per heavy atom. The molecule has 1 fully saturated rings. The van der Waals surface area contributed by atoms with E-state index in [4.69, 9.17) is 4.74 Å². The van der Waals surface area contributed by atoms with Crippen molar-refractivity contribution in [1.82, 2.24) is 14.7 Å². The maximum atomic E-state index is 12.6. The van der Waals surface area contributed by atoms with Gasteiger partial charge in [-0.2, -0.15) is 5.10 Å². The van der Waals surface area contributed by atoms with Gasteiger partial charge in [-0.05, 0) is 19.1 Å². The van der Waals surface area contributed by atoms with Crippen molar-refractivity contribution >= 4 is 11.6 Å². The zero-order chi connectivity index (χ0) is 16.4. The molecular formula is C17H22N4O2. The van der Waals surface area contributed by atoms with E-state index in [0.29, 0.717) is 18.7 Å². The number of aryl methyl sites for hydroxylation is 2. The number of nitrogens with zero attached hydrogens (tertiary/aromatic N) is 4. The molecule has 1 amide bonds. The van der Waals surface area contributed by atoms with Crippen LogP contribution < -0.4 is 9.64 Å². The van der Waals surface area contributed by atoms with Gasteiger partial charge in [-0.1, -0.05) is 12.1 Å². The van der Waals surface area contributed by atoms with E-state index in [0.717, 1.165) is 30.2 Å². The second-order valence-electron chi connectivity index (χ2n) is 5.75. The molecular weight excluding hydrogens is 292 g/mol. The summed E-state index contributed by atoms with van der Waals surface area (Å²) >= 11 is 0. The van der Waals surface area contributed by atoms with E-state index in [-0.39, 0.29) is 5.91 Å². The predicted molar refractivity (Wildman–Crippen MR) is 89.1 cm³/mol. The van der Waals surface area contributed by atoms with Crippen molar-refractivity contribution in [3.05, 3.63) is 41.7 Å². The third-order valence-electron chi connectivity index (χ3n) is 4.24. The van der Waals surface area contributed by atoms with Crippen LogP contribution in [0.3, 0.4) is 0 Å². The number of hydrogen-bond donors (Lipinski definition) is 0. The molecule has 0 atom stereocenters. The first-order valence-electron chi connectivity index (χ1n) is 7.77. The molecule has 23 heavy (non-hydrogen) atoms. The van der Waals surface area contributed by atoms with Crippen molar-refractivity contribution in [2.45, 2.75) is 6.92 Å². The molecule has 6 nitrogen and oxygen atoms in total. The van der Waals surface area contributed by atoms with Crippen LogP contribution in [0, 0.1) is 6.92 Å². The molecule has 1 aromatic carbocycles. The fourth-order valence-electron chi connectivity index (χ4n) is 3.02. The van der Waals surface area contributed by atoms with Crippen molar-refractivity contribution in [3.63, 3.8) is 0 Å². The minimum Gasteiger partial charge on any atom is -0.495 e. The Labute approximate surface area is 136 Å². The van der Waals surface area contributed by atoms with Crippen LogP contribution in [0.1, 0.15) is 16.1 Å². The topological polar surface area (TPSA) is 50.6 Å². The zero-order valence-corrected chi connectivity index (χ0v) is 13.8. The lowest BCUT2D eigenvalue weighted by molar-refractivity contribution is 0.0746. The molecule has 0 bridgehead atoms. The number of anilines is 1. The van der Waals surface area contributed by atoms with Gasteiger partial charge in [0.2, 0.25) is 0 Å². The first-order valence-corrected chi connectivity index (χ1v) is 7.77. The van der Waals surface area contributed by atoms with Crippen LogP contribution in [0.25, 0.3) is 0 Å². The van der Waals surface area contributed by atoms with Crippen LogP contribution in [0.15, 0.2) is 30.5 Å². The van der Waals surface area contributed by atoms with Gasteiger partial charge in [-0.25, -0.2) is 0 Å². The largest absolute Gasteiger partial charge is 0.495 e. The Morgan fingerprint density at radius 3 is 2.48 bits per heavy atom. The average molecular weight is 314 g/mol. The second-order valence-corrected chi connectivity index (χ2v) is 5.75. The van der Waals surface area contributed by atoms with Crippen LogP contribution in [0.4, 0.5) is 5.69 Å². The van der Waals surface area contributed by atoms with E-state index in [2.05, 4.69) is 16.1 Å². The number of amides is 1. The van der Waals surface area contributed by atoms with E-state index >= 15 is 0 Å². The van der Waals surface area contributed by atoms with Crippen molar-refractivity contribution < 1.29 is 9.53 Å². The van der Waals surface area contributed by atoms with E-state index in [1.807, 2.05) is 37.1 Å². The highest BCUT2D eigenvalue weighted by molar-refractivity contribution is 5.95. The number of carbonyl (C=O) groups is 1. The minimum atomic E-state index is 0.0651. The molecule has 1 aliphatic rings. The maximum Gasteiger partial charge on any atom is 0.257 e. The lowest BCUT2D eigenvalue weighted by Gasteiger charge is -2.36. The van der Waals surface area contributed by atoms with Crippen molar-refractivity contribution in [2.75, 3.05) is 38.2 Å². The summed E-state index contributed by atoms with van der Waals surface area (Å²) in [5.74, 6) is 0.936. The minimum absolute atomic E-state index is 0.0651. The number of rotatable bonds is 3. The van der Waals surface area contributed by atoms with Gasteiger partial charge in [-0.15, -0.1) is 0 Å². The third-order valence-corrected chi connectivity index (χ3v) is 4.24. The van der Waals surface area contributed by atoms with Gasteiger partial charge in [-0.3, -0.25) is 9.48 Å². The molecule has 0 aliphatic carbocycles. The van der Waals surface area contributed by atoms with Crippen LogP contribution in [0.5, 0.6) is 5.75 Å². The van der Waals surface area contributed by atoms with Gasteiger partial charge in [0.05, 0.1) is 24.1 Å². The SMILES string of the molecule is COc1ccccc1N1CCN(C(=O)c2cn(C)nc2C)CC1. The van der Waals surface area contributed by atoms with Crippen LogP contribution in [-0.2, 0) is 7.05 Å². The molecule has 122 valence electrons. The Balaban J connectivity index is 1.69. The number of hydrogen-bond acceptors (Lipinski definition) is 4. The standard InChI is InChI=1S/C17H22N4O2/c1-13-14(12-19(2)18-13)17(22)21-10-8-20(9-11-21)15-6-4-5-7-16(15)23-3/h4-7,12H,8-11H2,1-3H3. The molecule has 0 unspecified atom stereocenters. The summed E-state index contributed by atoms with van der Waals surface area (Å²) in [7, 11) is 3.52. The Kier molecular flexibility index (Phi) is 4.23. The smallest absolute Gasteiger partial charge is 0.257 e. The Morgan fingerprint density at radius 1 is 1.17 bits per heavy atom. The number of carbonyl (C=O) groups excluding carboxylic acids is 1. The lowest BCUT2D eigenvalue weighted by Crippen LogP contribution is -2.49. The highest BCUT2D eigenvalue weighted by Crippen LogP contribution is 2.28. The second kappa shape index (κ2) is 6.32. The van der Waals surface area contributed by atoms with Crippen molar-refractivity contribution in [1.29, 1.82) is 0 Å². The van der Waals surface area contributed by atoms with Crippen LogP contribution >= 0.6 is 0 Å². The first kappa shape index (κ1) is 15.4. The monoisotopic (exact) mass is 314 g/mol. The maximum absolute atomic E-state index is 12.6. The molecule has 0 spiro atoms. The quantitative estimate of drug-likeness (QED) is 0.865. The normalized spacial score (nSPS) is 14.9. The van der Waals surface area contributed by atoms with Crippen LogP contribution in [0.2, 0.25) is 0 Å². The van der Waals surface area contributed by atoms with E-state index in [9.17, 15) is 4.79 Å². The molecule has 2 heterocycles. The first-order chi connectivity index (χ1) is 11.1. The number of aromatic nitrogens is 2. The fraction of sp³-hybridized carbons (Fsp3) is 0.412. The van der Waals surface area contributed by atoms with Crippen molar-refractivity contribution in [3.8, 4) is 5.75 Å². The molecule has 1 saturated heterocycles. The Bertz CT molecular complexity index is 702. The number of methoxy groups -OCH3 is 1. The fourth-order valence-corrected chi connectivity index (χ4v) is 3.02. The summed E-state index contributed by atoms with van der Waals surface area (Å²) in [5.41, 5.74) is 2.56. The van der Waals surface area contributed by atoms with E-state index in [1.165, 1.54) is 0 Å². The number of piperazine rings is 1. The average Bonchev–Trinajstić information content (AvgIpc) is 2.92. The summed E-state index contributed by atoms with van der Waals surface area (Å²) in [4.78, 5) is 16.8. The van der Waals surface area contributed by atoms with Crippen LogP contribution in [-0.4, -0.2) is 53.9 Å². The number of benzene rings is 1. The highest BCUT2D eigenvalue weighted by atomic mass is 16.5. The van der Waals surface area contributed by atoms with E-state index in [1.54, 1.807) is 18.0 Å². The molecule has 3 rings (SSSR count). The van der Waals surface area contributed by atoms with Gasteiger partial charge >= 0.3 is 0 Å². The zero-order valence-electron chi connectivity index (χ0n) is 13.8. The molecule has 0 saturated carbocycles. The lowest BCUT2D eigenvalue weighted by atomic mass is 10.2. The summed E-state index contributed by atoms with van der Waals surface area (Å²) in [5, 5.41) is 4.25. The van der Waals surface area contributed by atoms with Gasteiger partial charge < -0.3 is 14.5 Å². The molecule has 0 radical (unpaired) electrons. The highest BCUT2D eigenvalue weighted by Gasteiger charge is 2.25. The molecule has 6 heteroatoms. The van der Waals surface area contributed by atoms with Gasteiger partial charge in [0, 0.05) is 39.4 Å². The summed E-state index contributed by atoms with van der Waals surface area (Å²) in [6.07, 6.45) is 1.80. The van der Waals surface area contributed by atoms with Gasteiger partial charge in [0.15, 0.2) is 0 Å². The molecule has 1 aromatic heterocycles. The third kappa shape index (κ3) is 3.02. The summed E-state index contributed by atoms with van der Waals surface area (Å²) in [6, 6.07) is 8.00. The predicted octanol–water partition coefficient (Wildman–Crippen LogP) is 1.70. The number of ether oxygens (including phenoxy) is 1. The van der Waals surface area contributed by atoms with E-state index < -0.39 is 0 Å². The molecule has 2 aromatic rings. The van der Waals surface area contributed by atoms with Gasteiger partial charge in [0.1, 0.15) is 5.75 Å². The molecule has 1 aliphatic heterocycles. The van der Waals surface area contributed by atoms with Crippen molar-refractivity contribution in [2.24, 2.45) is 7.05 Å². The Hall–Kier alpha value is -2.50. The number of para-hydroxylation sites is 2.